The van der Waals surface area contributed by atoms with E-state index in [2.05, 4.69) is 9.97 Å². The van der Waals surface area contributed by atoms with E-state index in [9.17, 15) is 9.18 Å². The van der Waals surface area contributed by atoms with Crippen LogP contribution in [0.2, 0.25) is 0 Å². The Morgan fingerprint density at radius 2 is 1.73 bits per heavy atom. The summed E-state index contributed by atoms with van der Waals surface area (Å²) in [5.74, 6) is -3.36. The number of fused-ring (bicyclic) bond motifs is 1. The second-order valence-corrected chi connectivity index (χ2v) is 10.8. The van der Waals surface area contributed by atoms with Gasteiger partial charge in [-0.2, -0.15) is 5.26 Å². The highest BCUT2D eigenvalue weighted by Gasteiger charge is 2.24. The zero-order chi connectivity index (χ0) is 32.2. The number of carbonyl (C=O) groups excluding carboxylic acids is 1. The van der Waals surface area contributed by atoms with Gasteiger partial charge in [0.25, 0.3) is 0 Å². The number of nitrogens with zero attached hydrogens (tertiary/aromatic N) is 4. The first-order valence-electron chi connectivity index (χ1n) is 13.4. The van der Waals surface area contributed by atoms with Gasteiger partial charge in [-0.25, -0.2) is 32.3 Å². The monoisotopic (exact) mass is 730 g/mol. The van der Waals surface area contributed by atoms with E-state index in [1.54, 1.807) is 4.57 Å². The lowest BCUT2D eigenvalue weighted by Crippen LogP contribution is -2.12. The van der Waals surface area contributed by atoms with Gasteiger partial charge in [-0.1, -0.05) is 12.1 Å². The zero-order valence-electron chi connectivity index (χ0n) is 23.8. The van der Waals surface area contributed by atoms with Crippen molar-refractivity contribution in [3.8, 4) is 23.2 Å². The van der Waals surface area contributed by atoms with Gasteiger partial charge in [0.1, 0.15) is 35.4 Å². The number of rotatable bonds is 10. The molecule has 0 bridgehead atoms. The molecule has 230 valence electrons. The van der Waals surface area contributed by atoms with Gasteiger partial charge in [0.2, 0.25) is 5.88 Å². The molecule has 0 spiro atoms. The number of hydrogen-bond acceptors (Lipinski definition) is 7. The highest BCUT2D eigenvalue weighted by molar-refractivity contribution is 14.1. The molecule has 2 aromatic heterocycles. The fourth-order valence-corrected chi connectivity index (χ4v) is 5.63. The number of aromatic nitrogens is 3. The summed E-state index contributed by atoms with van der Waals surface area (Å²) in [6.07, 6.45) is -0.197. The van der Waals surface area contributed by atoms with Crippen LogP contribution in [0, 0.1) is 38.2 Å². The molecule has 0 saturated carbocycles. The molecule has 3 aromatic carbocycles. The van der Waals surface area contributed by atoms with Crippen LogP contribution in [0.4, 0.5) is 17.6 Å². The Kier molecular flexibility index (Phi) is 9.64. The quantitative estimate of drug-likeness (QED) is 0.0893. The van der Waals surface area contributed by atoms with E-state index < -0.39 is 29.2 Å². The third-order valence-electron chi connectivity index (χ3n) is 6.95. The predicted molar refractivity (Wildman–Crippen MR) is 163 cm³/mol. The smallest absolute Gasteiger partial charge is 0.339 e. The Balaban J connectivity index is 1.45. The molecule has 0 radical (unpaired) electrons. The summed E-state index contributed by atoms with van der Waals surface area (Å²) in [5, 5.41) is 8.91. The molecule has 0 aliphatic heterocycles. The van der Waals surface area contributed by atoms with Crippen LogP contribution in [0.5, 0.6) is 5.88 Å². The molecule has 13 heteroatoms. The first-order valence-corrected chi connectivity index (χ1v) is 14.4. The molecule has 5 aromatic rings. The Bertz CT molecular complexity index is 1980. The van der Waals surface area contributed by atoms with Crippen molar-refractivity contribution in [1.29, 1.82) is 5.26 Å². The second kappa shape index (κ2) is 13.6. The summed E-state index contributed by atoms with van der Waals surface area (Å²) in [4.78, 5) is 20.9. The minimum absolute atomic E-state index is 0.00976. The SMILES string of the molecule is COCCn1c(Cc2cc(F)c(-c3cccc(OCc4ccc(C#N)cc4F)n3)cc2F)nc2c(F)cc(C(=O)OC)c(I)c21. The largest absolute Gasteiger partial charge is 0.473 e. The van der Waals surface area contributed by atoms with Crippen molar-refractivity contribution in [2.24, 2.45) is 0 Å². The normalized spacial score (nSPS) is 11.1. The number of ether oxygens (including phenoxy) is 3. The average Bonchev–Trinajstić information content (AvgIpc) is 3.41. The lowest BCUT2D eigenvalue weighted by molar-refractivity contribution is 0.0599. The lowest BCUT2D eigenvalue weighted by Gasteiger charge is -2.13. The summed E-state index contributed by atoms with van der Waals surface area (Å²) >= 11 is 1.90. The molecule has 45 heavy (non-hydrogen) atoms. The summed E-state index contributed by atoms with van der Waals surface area (Å²) in [7, 11) is 2.67. The van der Waals surface area contributed by atoms with Gasteiger partial charge in [-0.15, -0.1) is 0 Å². The Morgan fingerprint density at radius 1 is 0.956 bits per heavy atom. The number of hydrogen-bond donors (Lipinski definition) is 0. The van der Waals surface area contributed by atoms with Gasteiger partial charge in [0, 0.05) is 37.3 Å². The van der Waals surface area contributed by atoms with Crippen LogP contribution < -0.4 is 4.74 Å². The third kappa shape index (κ3) is 6.62. The molecule has 0 saturated heterocycles. The van der Waals surface area contributed by atoms with Crippen LogP contribution in [0.15, 0.2) is 54.6 Å². The van der Waals surface area contributed by atoms with E-state index in [-0.39, 0.29) is 76.9 Å². The topological polar surface area (TPSA) is 99.3 Å². The first kappa shape index (κ1) is 31.9. The maximum Gasteiger partial charge on any atom is 0.339 e. The van der Waals surface area contributed by atoms with Crippen LogP contribution in [-0.4, -0.2) is 41.3 Å². The molecular formula is C32H23F4IN4O4. The standard InChI is InChI=1S/C32H23F4IN4O4/c1-43-9-8-41-27(40-30-25(36)14-21(32(42)44-2)29(37)31(30)41)12-19-11-24(35)20(13-23(19)34)26-4-3-5-28(39-26)45-16-18-7-6-17(15-38)10-22(18)33/h3-7,10-11,13-14H,8-9,12,16H2,1-2H3. The summed E-state index contributed by atoms with van der Waals surface area (Å²) in [6.45, 7) is 0.207. The van der Waals surface area contributed by atoms with Crippen molar-refractivity contribution in [1.82, 2.24) is 14.5 Å². The number of nitriles is 1. The molecule has 5 rings (SSSR count). The maximum atomic E-state index is 15.5. The van der Waals surface area contributed by atoms with Gasteiger partial charge in [-0.3, -0.25) is 0 Å². The maximum absolute atomic E-state index is 15.5. The molecule has 0 aliphatic carbocycles. The summed E-state index contributed by atoms with van der Waals surface area (Å²) in [6, 6.07) is 13.4. The lowest BCUT2D eigenvalue weighted by atomic mass is 10.0. The number of esters is 1. The molecule has 0 amide bonds. The molecule has 0 unspecified atom stereocenters. The van der Waals surface area contributed by atoms with Gasteiger partial charge >= 0.3 is 5.97 Å². The summed E-state index contributed by atoms with van der Waals surface area (Å²) < 4.78 is 77.8. The average molecular weight is 730 g/mol. The van der Waals surface area contributed by atoms with Crippen LogP contribution >= 0.6 is 22.6 Å². The minimum Gasteiger partial charge on any atom is -0.473 e. The molecule has 0 N–H and O–H groups in total. The van der Waals surface area contributed by atoms with Gasteiger partial charge < -0.3 is 18.8 Å². The van der Waals surface area contributed by atoms with E-state index in [1.165, 1.54) is 44.6 Å². The predicted octanol–water partition coefficient (Wildman–Crippen LogP) is 6.73. The van der Waals surface area contributed by atoms with Crippen molar-refractivity contribution in [2.45, 2.75) is 19.6 Å². The number of methoxy groups -OCH3 is 2. The van der Waals surface area contributed by atoms with Crippen molar-refractivity contribution < 1.29 is 36.6 Å². The van der Waals surface area contributed by atoms with Crippen molar-refractivity contribution in [3.05, 3.63) is 110 Å². The van der Waals surface area contributed by atoms with E-state index in [1.807, 2.05) is 28.7 Å². The van der Waals surface area contributed by atoms with Crippen LogP contribution in [-0.2, 0) is 29.0 Å². The van der Waals surface area contributed by atoms with Gasteiger partial charge in [0.15, 0.2) is 5.82 Å². The van der Waals surface area contributed by atoms with Gasteiger partial charge in [0.05, 0.1) is 45.7 Å². The van der Waals surface area contributed by atoms with Crippen LogP contribution in [0.25, 0.3) is 22.3 Å². The fourth-order valence-electron chi connectivity index (χ4n) is 4.71. The highest BCUT2D eigenvalue weighted by atomic mass is 127. The number of benzene rings is 3. The van der Waals surface area contributed by atoms with Crippen LogP contribution in [0.3, 0.4) is 0 Å². The molecule has 0 fully saturated rings. The number of halogens is 5. The Hall–Kier alpha value is -4.55. The van der Waals surface area contributed by atoms with E-state index in [4.69, 9.17) is 19.5 Å². The van der Waals surface area contributed by atoms with E-state index >= 15 is 13.2 Å². The number of imidazole rings is 1. The molecule has 0 aliphatic rings. The third-order valence-corrected chi connectivity index (χ3v) is 8.05. The van der Waals surface area contributed by atoms with Crippen molar-refractivity contribution in [3.63, 3.8) is 0 Å². The first-order chi connectivity index (χ1) is 21.6. The highest BCUT2D eigenvalue weighted by Crippen LogP contribution is 2.31. The molecular weight excluding hydrogens is 707 g/mol. The molecule has 8 nitrogen and oxygen atoms in total. The zero-order valence-corrected chi connectivity index (χ0v) is 26.0. The Morgan fingerprint density at radius 3 is 2.44 bits per heavy atom. The van der Waals surface area contributed by atoms with Crippen LogP contribution in [0.1, 0.15) is 32.9 Å². The van der Waals surface area contributed by atoms with Crippen molar-refractivity contribution in [2.75, 3.05) is 20.8 Å². The summed E-state index contributed by atoms with van der Waals surface area (Å²) in [5.41, 5.74) is 0.542. The fraction of sp³-hybridized carbons (Fsp3) is 0.188. The minimum atomic E-state index is -0.775. The molecule has 0 atom stereocenters. The molecule has 2 heterocycles. The van der Waals surface area contributed by atoms with Gasteiger partial charge in [-0.05, 0) is 64.6 Å². The second-order valence-electron chi connectivity index (χ2n) is 9.75. The van der Waals surface area contributed by atoms with Crippen molar-refractivity contribution >= 4 is 39.6 Å². The van der Waals surface area contributed by atoms with E-state index in [0.717, 1.165) is 24.3 Å². The number of carbonyl (C=O) groups is 1. The Labute approximate surface area is 268 Å². The number of pyridine rings is 1. The van der Waals surface area contributed by atoms with E-state index in [0.29, 0.717) is 9.09 Å².